The summed E-state index contributed by atoms with van der Waals surface area (Å²) in [6.07, 6.45) is 1.80. The van der Waals surface area contributed by atoms with Crippen molar-refractivity contribution in [3.8, 4) is 0 Å². The normalized spacial score (nSPS) is 12.4. The highest BCUT2D eigenvalue weighted by Crippen LogP contribution is 2.30. The van der Waals surface area contributed by atoms with E-state index in [1.54, 1.807) is 18.0 Å². The topological polar surface area (TPSA) is 38.9 Å². The maximum Gasteiger partial charge on any atom is 0.105 e. The lowest BCUT2D eigenvalue weighted by atomic mass is 10.2. The smallest absolute Gasteiger partial charge is 0.105 e. The second-order valence-corrected chi connectivity index (χ2v) is 4.66. The Hall–Kier alpha value is -1.32. The van der Waals surface area contributed by atoms with Gasteiger partial charge in [-0.1, -0.05) is 36.0 Å². The highest BCUT2D eigenvalue weighted by molar-refractivity contribution is 7.99. The van der Waals surface area contributed by atoms with Crippen molar-refractivity contribution in [2.45, 2.75) is 22.9 Å². The van der Waals surface area contributed by atoms with E-state index in [1.807, 2.05) is 37.3 Å². The fraction of sp³-hybridized carbons (Fsp3) is 0.154. The van der Waals surface area contributed by atoms with Crippen LogP contribution in [-0.4, -0.2) is 4.98 Å². The molecule has 1 aromatic heterocycles. The van der Waals surface area contributed by atoms with Gasteiger partial charge in [0, 0.05) is 22.7 Å². The van der Waals surface area contributed by atoms with Crippen LogP contribution in [0.5, 0.6) is 0 Å². The van der Waals surface area contributed by atoms with Gasteiger partial charge >= 0.3 is 0 Å². The van der Waals surface area contributed by atoms with Crippen LogP contribution < -0.4 is 5.73 Å². The van der Waals surface area contributed by atoms with E-state index in [0.29, 0.717) is 0 Å². The zero-order valence-electron chi connectivity index (χ0n) is 9.13. The Bertz CT molecular complexity index is 454. The van der Waals surface area contributed by atoms with Crippen molar-refractivity contribution in [3.63, 3.8) is 0 Å². The van der Waals surface area contributed by atoms with Crippen molar-refractivity contribution in [2.75, 3.05) is 0 Å². The van der Waals surface area contributed by atoms with E-state index >= 15 is 0 Å². The molecule has 0 bridgehead atoms. The van der Waals surface area contributed by atoms with Crippen LogP contribution in [0.15, 0.2) is 58.6 Å². The van der Waals surface area contributed by atoms with E-state index in [0.717, 1.165) is 10.6 Å². The Kier molecular flexibility index (Phi) is 3.59. The molecule has 0 fully saturated rings. The SMILES string of the molecule is CC(N)c1cccnc1Sc1ccccc1. The summed E-state index contributed by atoms with van der Waals surface area (Å²) in [5, 5.41) is 0.990. The highest BCUT2D eigenvalue weighted by atomic mass is 32.2. The minimum atomic E-state index is 0.0138. The quantitative estimate of drug-likeness (QED) is 0.879. The maximum absolute atomic E-state index is 5.91. The number of pyridine rings is 1. The van der Waals surface area contributed by atoms with Gasteiger partial charge in [-0.05, 0) is 25.1 Å². The Morgan fingerprint density at radius 3 is 2.56 bits per heavy atom. The molecule has 82 valence electrons. The second-order valence-electron chi connectivity index (χ2n) is 3.60. The minimum absolute atomic E-state index is 0.0138. The van der Waals surface area contributed by atoms with E-state index in [2.05, 4.69) is 17.1 Å². The lowest BCUT2D eigenvalue weighted by molar-refractivity contribution is 0.779. The lowest BCUT2D eigenvalue weighted by Gasteiger charge is -2.10. The van der Waals surface area contributed by atoms with Gasteiger partial charge in [-0.25, -0.2) is 4.98 Å². The van der Waals surface area contributed by atoms with Crippen LogP contribution in [0.4, 0.5) is 0 Å². The zero-order valence-corrected chi connectivity index (χ0v) is 9.95. The molecule has 0 aliphatic heterocycles. The molecular weight excluding hydrogens is 216 g/mol. The Labute approximate surface area is 99.9 Å². The molecule has 2 rings (SSSR count). The third kappa shape index (κ3) is 2.62. The molecule has 1 aromatic carbocycles. The van der Waals surface area contributed by atoms with E-state index in [4.69, 9.17) is 5.73 Å². The molecule has 0 aliphatic carbocycles. The summed E-state index contributed by atoms with van der Waals surface area (Å²) >= 11 is 1.65. The fourth-order valence-electron chi connectivity index (χ4n) is 1.44. The van der Waals surface area contributed by atoms with Crippen LogP contribution in [0.25, 0.3) is 0 Å². The molecule has 2 aromatic rings. The monoisotopic (exact) mass is 230 g/mol. The Morgan fingerprint density at radius 1 is 1.12 bits per heavy atom. The highest BCUT2D eigenvalue weighted by Gasteiger charge is 2.08. The number of hydrogen-bond donors (Lipinski definition) is 1. The third-order valence-corrected chi connectivity index (χ3v) is 3.29. The summed E-state index contributed by atoms with van der Waals surface area (Å²) in [5.74, 6) is 0. The van der Waals surface area contributed by atoms with Gasteiger partial charge in [0.2, 0.25) is 0 Å². The predicted molar refractivity (Wildman–Crippen MR) is 67.4 cm³/mol. The summed E-state index contributed by atoms with van der Waals surface area (Å²) in [4.78, 5) is 5.56. The minimum Gasteiger partial charge on any atom is -0.324 e. The number of nitrogens with two attached hydrogens (primary N) is 1. The van der Waals surface area contributed by atoms with Crippen LogP contribution in [0, 0.1) is 0 Å². The van der Waals surface area contributed by atoms with Crippen molar-refractivity contribution in [1.29, 1.82) is 0 Å². The number of hydrogen-bond acceptors (Lipinski definition) is 3. The third-order valence-electron chi connectivity index (χ3n) is 2.25. The summed E-state index contributed by atoms with van der Waals surface area (Å²) in [5.41, 5.74) is 7.01. The molecule has 1 unspecified atom stereocenters. The van der Waals surface area contributed by atoms with Gasteiger partial charge in [0.05, 0.1) is 0 Å². The van der Waals surface area contributed by atoms with Crippen molar-refractivity contribution < 1.29 is 0 Å². The van der Waals surface area contributed by atoms with Crippen LogP contribution in [0.2, 0.25) is 0 Å². The Balaban J connectivity index is 2.28. The van der Waals surface area contributed by atoms with Gasteiger partial charge in [-0.15, -0.1) is 0 Å². The van der Waals surface area contributed by atoms with E-state index in [1.165, 1.54) is 4.90 Å². The first-order valence-electron chi connectivity index (χ1n) is 5.21. The molecule has 0 saturated heterocycles. The lowest BCUT2D eigenvalue weighted by Crippen LogP contribution is -2.06. The molecule has 2 nitrogen and oxygen atoms in total. The molecule has 0 amide bonds. The molecule has 16 heavy (non-hydrogen) atoms. The molecule has 0 saturated carbocycles. The van der Waals surface area contributed by atoms with Gasteiger partial charge in [0.15, 0.2) is 0 Å². The zero-order chi connectivity index (χ0) is 11.4. The second kappa shape index (κ2) is 5.14. The fourth-order valence-corrected chi connectivity index (χ4v) is 2.44. The molecule has 0 spiro atoms. The summed E-state index contributed by atoms with van der Waals surface area (Å²) in [7, 11) is 0. The van der Waals surface area contributed by atoms with E-state index < -0.39 is 0 Å². The van der Waals surface area contributed by atoms with Crippen molar-refractivity contribution in [2.24, 2.45) is 5.73 Å². The molecule has 3 heteroatoms. The molecule has 1 atom stereocenters. The molecule has 0 aliphatic rings. The molecule has 0 radical (unpaired) electrons. The largest absolute Gasteiger partial charge is 0.324 e. The van der Waals surface area contributed by atoms with Crippen LogP contribution in [0.3, 0.4) is 0 Å². The molecular formula is C13H14N2S. The van der Waals surface area contributed by atoms with Crippen LogP contribution in [0.1, 0.15) is 18.5 Å². The number of rotatable bonds is 3. The number of aromatic nitrogens is 1. The Morgan fingerprint density at radius 2 is 1.88 bits per heavy atom. The maximum atomic E-state index is 5.91. The van der Waals surface area contributed by atoms with Gasteiger partial charge in [-0.3, -0.25) is 0 Å². The summed E-state index contributed by atoms with van der Waals surface area (Å²) in [6, 6.07) is 14.2. The van der Waals surface area contributed by atoms with Crippen LogP contribution in [-0.2, 0) is 0 Å². The van der Waals surface area contributed by atoms with Crippen LogP contribution >= 0.6 is 11.8 Å². The van der Waals surface area contributed by atoms with Crippen molar-refractivity contribution in [3.05, 3.63) is 54.2 Å². The summed E-state index contributed by atoms with van der Waals surface area (Å²) < 4.78 is 0. The van der Waals surface area contributed by atoms with E-state index in [9.17, 15) is 0 Å². The van der Waals surface area contributed by atoms with Gasteiger partial charge in [0.1, 0.15) is 5.03 Å². The average molecular weight is 230 g/mol. The van der Waals surface area contributed by atoms with Crippen molar-refractivity contribution in [1.82, 2.24) is 4.98 Å². The molecule has 1 heterocycles. The van der Waals surface area contributed by atoms with Gasteiger partial charge in [0.25, 0.3) is 0 Å². The standard InChI is InChI=1S/C13H14N2S/c1-10(14)12-8-5-9-15-13(12)16-11-6-3-2-4-7-11/h2-10H,14H2,1H3. The van der Waals surface area contributed by atoms with Gasteiger partial charge < -0.3 is 5.73 Å². The van der Waals surface area contributed by atoms with Gasteiger partial charge in [-0.2, -0.15) is 0 Å². The number of nitrogens with zero attached hydrogens (tertiary/aromatic N) is 1. The first-order valence-corrected chi connectivity index (χ1v) is 6.02. The van der Waals surface area contributed by atoms with Crippen molar-refractivity contribution >= 4 is 11.8 Å². The number of benzene rings is 1. The first-order chi connectivity index (χ1) is 7.77. The summed E-state index contributed by atoms with van der Waals surface area (Å²) in [6.45, 7) is 1.98. The predicted octanol–water partition coefficient (Wildman–Crippen LogP) is 3.25. The first kappa shape index (κ1) is 11.2. The molecule has 2 N–H and O–H groups in total. The average Bonchev–Trinajstić information content (AvgIpc) is 2.31. The van der Waals surface area contributed by atoms with E-state index in [-0.39, 0.29) is 6.04 Å².